The number of nitrogens with one attached hydrogen (secondary N) is 1. The van der Waals surface area contributed by atoms with Gasteiger partial charge in [-0.2, -0.15) is 5.10 Å². The fourth-order valence-corrected chi connectivity index (χ4v) is 3.31. The highest BCUT2D eigenvalue weighted by Crippen LogP contribution is 2.21. The predicted octanol–water partition coefficient (Wildman–Crippen LogP) is 2.89. The second-order valence-corrected chi connectivity index (χ2v) is 6.59. The number of hydrogen-bond acceptors (Lipinski definition) is 4. The van der Waals surface area contributed by atoms with E-state index < -0.39 is 0 Å². The number of amides is 1. The van der Waals surface area contributed by atoms with Gasteiger partial charge in [0.15, 0.2) is 5.65 Å². The van der Waals surface area contributed by atoms with Gasteiger partial charge in [0, 0.05) is 31.0 Å². The molecule has 1 amide bonds. The molecule has 3 heterocycles. The maximum Gasteiger partial charge on any atom is 0.259 e. The molecule has 1 aliphatic rings. The lowest BCUT2D eigenvalue weighted by Gasteiger charge is -2.32. The van der Waals surface area contributed by atoms with Crippen LogP contribution in [0.25, 0.3) is 5.65 Å². The Balaban J connectivity index is 1.43. The minimum absolute atomic E-state index is 0.0533. The number of para-hydroxylation sites is 1. The summed E-state index contributed by atoms with van der Waals surface area (Å²) in [6, 6.07) is 8.67. The Morgan fingerprint density at radius 2 is 2.00 bits per heavy atom. The van der Waals surface area contributed by atoms with Gasteiger partial charge < -0.3 is 10.2 Å². The van der Waals surface area contributed by atoms with E-state index in [0.717, 1.165) is 18.5 Å². The van der Waals surface area contributed by atoms with Crippen LogP contribution in [0.3, 0.4) is 0 Å². The van der Waals surface area contributed by atoms with E-state index in [9.17, 15) is 9.18 Å². The van der Waals surface area contributed by atoms with Crippen molar-refractivity contribution in [2.45, 2.75) is 25.8 Å². The molecule has 3 aromatic rings. The summed E-state index contributed by atoms with van der Waals surface area (Å²) in [5, 5.41) is 7.45. The lowest BCUT2D eigenvalue weighted by atomic mass is 10.0. The summed E-state index contributed by atoms with van der Waals surface area (Å²) in [4.78, 5) is 19.1. The van der Waals surface area contributed by atoms with Gasteiger partial charge in [0.1, 0.15) is 11.4 Å². The molecule has 0 unspecified atom stereocenters. The summed E-state index contributed by atoms with van der Waals surface area (Å²) in [5.74, 6) is -0.304. The highest BCUT2D eigenvalue weighted by Gasteiger charge is 2.26. The van der Waals surface area contributed by atoms with Crippen molar-refractivity contribution in [2.75, 3.05) is 18.4 Å². The van der Waals surface area contributed by atoms with E-state index in [1.54, 1.807) is 29.0 Å². The number of piperidine rings is 1. The number of carbonyl (C=O) groups is 1. The Bertz CT molecular complexity index is 946. The van der Waals surface area contributed by atoms with Crippen LogP contribution in [0.2, 0.25) is 0 Å². The zero-order valence-electron chi connectivity index (χ0n) is 14.5. The summed E-state index contributed by atoms with van der Waals surface area (Å²) in [7, 11) is 0. The third-order valence-corrected chi connectivity index (χ3v) is 4.75. The molecule has 4 rings (SSSR count). The van der Waals surface area contributed by atoms with Crippen LogP contribution >= 0.6 is 0 Å². The first kappa shape index (κ1) is 16.5. The number of aryl methyl sites for hydroxylation is 1. The smallest absolute Gasteiger partial charge is 0.259 e. The fraction of sp³-hybridized carbons (Fsp3) is 0.316. The molecule has 1 N–H and O–H groups in total. The summed E-state index contributed by atoms with van der Waals surface area (Å²) >= 11 is 0. The Labute approximate surface area is 150 Å². The molecule has 1 aliphatic heterocycles. The van der Waals surface area contributed by atoms with E-state index >= 15 is 0 Å². The monoisotopic (exact) mass is 353 g/mol. The second kappa shape index (κ2) is 6.74. The van der Waals surface area contributed by atoms with Gasteiger partial charge in [-0.3, -0.25) is 4.79 Å². The Morgan fingerprint density at radius 3 is 2.77 bits per heavy atom. The molecule has 1 saturated heterocycles. The van der Waals surface area contributed by atoms with Crippen molar-refractivity contribution in [1.29, 1.82) is 0 Å². The molecule has 0 saturated carbocycles. The van der Waals surface area contributed by atoms with E-state index in [2.05, 4.69) is 15.4 Å². The van der Waals surface area contributed by atoms with Crippen molar-refractivity contribution in [3.8, 4) is 0 Å². The molecule has 26 heavy (non-hydrogen) atoms. The second-order valence-electron chi connectivity index (χ2n) is 6.59. The number of aromatic nitrogens is 3. The summed E-state index contributed by atoms with van der Waals surface area (Å²) in [6.07, 6.45) is 4.92. The Morgan fingerprint density at radius 1 is 1.23 bits per heavy atom. The third-order valence-electron chi connectivity index (χ3n) is 4.75. The lowest BCUT2D eigenvalue weighted by Crippen LogP contribution is -2.42. The number of carbonyl (C=O) groups excluding carboxylic acids is 1. The van der Waals surface area contributed by atoms with Crippen LogP contribution in [0.15, 0.2) is 42.7 Å². The molecule has 0 atom stereocenters. The number of likely N-dealkylation sites (tertiary alicyclic amines) is 1. The highest BCUT2D eigenvalue weighted by atomic mass is 19.1. The maximum atomic E-state index is 13.8. The summed E-state index contributed by atoms with van der Waals surface area (Å²) in [6.45, 7) is 3.13. The van der Waals surface area contributed by atoms with E-state index in [0.29, 0.717) is 30.0 Å². The molecule has 2 aromatic heterocycles. The van der Waals surface area contributed by atoms with E-state index in [-0.39, 0.29) is 17.8 Å². The number of nitrogens with zero attached hydrogens (tertiary/aromatic N) is 4. The SMILES string of the molecule is Cc1ccn2ncc(C(=O)N3CCC(Nc4ccccc4F)CC3)c2n1. The number of anilines is 1. The average Bonchev–Trinajstić information content (AvgIpc) is 3.06. The first-order valence-corrected chi connectivity index (χ1v) is 8.73. The molecule has 6 nitrogen and oxygen atoms in total. The van der Waals surface area contributed by atoms with Crippen molar-refractivity contribution in [2.24, 2.45) is 0 Å². The topological polar surface area (TPSA) is 62.5 Å². The first-order chi connectivity index (χ1) is 12.6. The molecule has 7 heteroatoms. The molecule has 0 aliphatic carbocycles. The predicted molar refractivity (Wildman–Crippen MR) is 96.7 cm³/mol. The minimum atomic E-state index is -0.251. The van der Waals surface area contributed by atoms with Crippen molar-refractivity contribution < 1.29 is 9.18 Å². The molecule has 1 fully saturated rings. The van der Waals surface area contributed by atoms with E-state index in [4.69, 9.17) is 0 Å². The summed E-state index contributed by atoms with van der Waals surface area (Å²) < 4.78 is 15.4. The van der Waals surface area contributed by atoms with Gasteiger partial charge in [-0.05, 0) is 38.0 Å². The first-order valence-electron chi connectivity index (χ1n) is 8.73. The van der Waals surface area contributed by atoms with Gasteiger partial charge in [-0.1, -0.05) is 12.1 Å². The molecular formula is C19H20FN5O. The molecule has 0 spiro atoms. The van der Waals surface area contributed by atoms with Crippen LogP contribution < -0.4 is 5.32 Å². The number of hydrogen-bond donors (Lipinski definition) is 1. The molecule has 1 aromatic carbocycles. The van der Waals surface area contributed by atoms with Crippen LogP contribution in [0.4, 0.5) is 10.1 Å². The molecule has 0 bridgehead atoms. The zero-order chi connectivity index (χ0) is 18.1. The minimum Gasteiger partial charge on any atom is -0.380 e. The average molecular weight is 353 g/mol. The van der Waals surface area contributed by atoms with Crippen molar-refractivity contribution in [3.05, 3.63) is 59.8 Å². The van der Waals surface area contributed by atoms with Crippen LogP contribution in [-0.2, 0) is 0 Å². The van der Waals surface area contributed by atoms with Crippen LogP contribution in [0, 0.1) is 12.7 Å². The molecular weight excluding hydrogens is 333 g/mol. The zero-order valence-corrected chi connectivity index (χ0v) is 14.5. The normalized spacial score (nSPS) is 15.4. The number of benzene rings is 1. The van der Waals surface area contributed by atoms with Gasteiger partial charge >= 0.3 is 0 Å². The van der Waals surface area contributed by atoms with Crippen molar-refractivity contribution in [3.63, 3.8) is 0 Å². The van der Waals surface area contributed by atoms with Crippen LogP contribution in [-0.4, -0.2) is 44.5 Å². The van der Waals surface area contributed by atoms with Gasteiger partial charge in [-0.25, -0.2) is 13.9 Å². The third kappa shape index (κ3) is 3.12. The van der Waals surface area contributed by atoms with E-state index in [1.165, 1.54) is 6.07 Å². The van der Waals surface area contributed by atoms with Gasteiger partial charge in [0.2, 0.25) is 0 Å². The number of halogens is 1. The van der Waals surface area contributed by atoms with Crippen molar-refractivity contribution in [1.82, 2.24) is 19.5 Å². The molecule has 134 valence electrons. The fourth-order valence-electron chi connectivity index (χ4n) is 3.31. The highest BCUT2D eigenvalue weighted by molar-refractivity contribution is 5.99. The lowest BCUT2D eigenvalue weighted by molar-refractivity contribution is 0.0720. The Kier molecular flexibility index (Phi) is 4.28. The van der Waals surface area contributed by atoms with Gasteiger partial charge in [-0.15, -0.1) is 0 Å². The number of fused-ring (bicyclic) bond motifs is 1. The van der Waals surface area contributed by atoms with Crippen LogP contribution in [0.5, 0.6) is 0 Å². The van der Waals surface area contributed by atoms with Crippen molar-refractivity contribution >= 4 is 17.2 Å². The largest absolute Gasteiger partial charge is 0.380 e. The van der Waals surface area contributed by atoms with Gasteiger partial charge in [0.25, 0.3) is 5.91 Å². The van der Waals surface area contributed by atoms with Crippen LogP contribution in [0.1, 0.15) is 28.9 Å². The standard InChI is InChI=1S/C19H20FN5O/c1-13-6-11-25-18(22-13)15(12-21-25)19(26)24-9-7-14(8-10-24)23-17-5-3-2-4-16(17)20/h2-6,11-12,14,23H,7-10H2,1H3. The summed E-state index contributed by atoms with van der Waals surface area (Å²) in [5.41, 5.74) is 2.47. The molecule has 0 radical (unpaired) electrons. The quantitative estimate of drug-likeness (QED) is 0.786. The maximum absolute atomic E-state index is 13.8. The van der Waals surface area contributed by atoms with Gasteiger partial charge in [0.05, 0.1) is 11.9 Å². The van der Waals surface area contributed by atoms with E-state index in [1.807, 2.05) is 24.0 Å². The number of rotatable bonds is 3. The Hall–Kier alpha value is -2.96.